The van der Waals surface area contributed by atoms with Gasteiger partial charge in [0.05, 0.1) is 0 Å². The molecule has 0 saturated heterocycles. The average Bonchev–Trinajstić information content (AvgIpc) is 3.14. The second kappa shape index (κ2) is 6.81. The molecule has 0 amide bonds. The van der Waals surface area contributed by atoms with Gasteiger partial charge >= 0.3 is 0 Å². The van der Waals surface area contributed by atoms with Crippen LogP contribution in [-0.2, 0) is 6.42 Å². The number of rotatable bonds is 5. The van der Waals surface area contributed by atoms with Crippen LogP contribution in [0.3, 0.4) is 0 Å². The summed E-state index contributed by atoms with van der Waals surface area (Å²) in [6.07, 6.45) is 1.72. The zero-order valence-corrected chi connectivity index (χ0v) is 13.7. The minimum absolute atomic E-state index is 0.1000. The van der Waals surface area contributed by atoms with Crippen molar-refractivity contribution in [2.45, 2.75) is 12.3 Å². The van der Waals surface area contributed by atoms with Crippen molar-refractivity contribution in [1.82, 2.24) is 0 Å². The second-order valence-corrected chi connectivity index (χ2v) is 6.10. The van der Waals surface area contributed by atoms with E-state index >= 15 is 0 Å². The van der Waals surface area contributed by atoms with Crippen LogP contribution in [0.25, 0.3) is 0 Å². The fraction of sp³-hybridized carbons (Fsp3) is 0.136. The predicted molar refractivity (Wildman–Crippen MR) is 96.4 cm³/mol. The van der Waals surface area contributed by atoms with Crippen molar-refractivity contribution < 1.29 is 14.3 Å². The van der Waals surface area contributed by atoms with Gasteiger partial charge in [0.25, 0.3) is 0 Å². The predicted octanol–water partition coefficient (Wildman–Crippen LogP) is 4.60. The van der Waals surface area contributed by atoms with Crippen molar-refractivity contribution >= 4 is 6.29 Å². The summed E-state index contributed by atoms with van der Waals surface area (Å²) in [5.41, 5.74) is 4.12. The molecule has 0 fully saturated rings. The van der Waals surface area contributed by atoms with Gasteiger partial charge in [-0.15, -0.1) is 0 Å². The van der Waals surface area contributed by atoms with Crippen molar-refractivity contribution in [2.24, 2.45) is 0 Å². The lowest BCUT2D eigenvalue weighted by molar-refractivity contribution is 0.112. The zero-order chi connectivity index (χ0) is 17.1. The number of ether oxygens (including phenoxy) is 2. The fourth-order valence-electron chi connectivity index (χ4n) is 3.33. The molecular weight excluding hydrogens is 312 g/mol. The molecule has 0 radical (unpaired) electrons. The summed E-state index contributed by atoms with van der Waals surface area (Å²) in [6, 6.07) is 24.1. The van der Waals surface area contributed by atoms with Gasteiger partial charge in [-0.1, -0.05) is 60.7 Å². The largest absolute Gasteiger partial charge is 0.454 e. The van der Waals surface area contributed by atoms with Gasteiger partial charge in [0.15, 0.2) is 11.5 Å². The first kappa shape index (κ1) is 15.5. The Kier molecular flexibility index (Phi) is 4.21. The number of carbonyl (C=O) groups excluding carboxylic acids is 1. The topological polar surface area (TPSA) is 35.5 Å². The first-order valence-corrected chi connectivity index (χ1v) is 8.33. The molecule has 0 saturated carbocycles. The summed E-state index contributed by atoms with van der Waals surface area (Å²) in [7, 11) is 0. The maximum absolute atomic E-state index is 11.5. The van der Waals surface area contributed by atoms with E-state index in [1.165, 1.54) is 5.56 Å². The smallest absolute Gasteiger partial charge is 0.231 e. The van der Waals surface area contributed by atoms with E-state index < -0.39 is 0 Å². The molecule has 1 heterocycles. The van der Waals surface area contributed by atoms with Crippen LogP contribution < -0.4 is 9.47 Å². The van der Waals surface area contributed by atoms with Crippen molar-refractivity contribution in [3.05, 3.63) is 95.1 Å². The number of aldehydes is 1. The van der Waals surface area contributed by atoms with Gasteiger partial charge < -0.3 is 9.47 Å². The van der Waals surface area contributed by atoms with Gasteiger partial charge in [0.2, 0.25) is 6.79 Å². The van der Waals surface area contributed by atoms with E-state index in [0.29, 0.717) is 0 Å². The minimum atomic E-state index is 0.1000. The Morgan fingerprint density at radius 1 is 0.880 bits per heavy atom. The first-order chi connectivity index (χ1) is 12.3. The summed E-state index contributed by atoms with van der Waals surface area (Å²) in [6.45, 7) is 0.273. The second-order valence-electron chi connectivity index (χ2n) is 6.10. The lowest BCUT2D eigenvalue weighted by Gasteiger charge is -2.20. The van der Waals surface area contributed by atoms with Crippen molar-refractivity contribution in [3.63, 3.8) is 0 Å². The number of hydrogen-bond acceptors (Lipinski definition) is 3. The van der Waals surface area contributed by atoms with Gasteiger partial charge in [0.1, 0.15) is 6.29 Å². The van der Waals surface area contributed by atoms with Crippen LogP contribution in [0.2, 0.25) is 0 Å². The molecule has 3 aromatic rings. The molecule has 3 nitrogen and oxygen atoms in total. The Labute approximate surface area is 146 Å². The Bertz CT molecular complexity index is 887. The van der Waals surface area contributed by atoms with Gasteiger partial charge in [-0.3, -0.25) is 4.79 Å². The highest BCUT2D eigenvalue weighted by Gasteiger charge is 2.20. The third-order valence-corrected chi connectivity index (χ3v) is 4.58. The normalized spacial score (nSPS) is 13.4. The molecule has 124 valence electrons. The monoisotopic (exact) mass is 330 g/mol. The molecule has 1 unspecified atom stereocenters. The molecule has 1 atom stereocenters. The SMILES string of the molecule is O=Cc1ccccc1C(Cc1ccc2c(c1)OCO2)c1ccccc1. The molecule has 3 heteroatoms. The van der Waals surface area contributed by atoms with Crippen molar-refractivity contribution in [1.29, 1.82) is 0 Å². The number of carbonyl (C=O) groups is 1. The highest BCUT2D eigenvalue weighted by atomic mass is 16.7. The van der Waals surface area contributed by atoms with Crippen molar-refractivity contribution in [3.8, 4) is 11.5 Å². The molecule has 0 N–H and O–H groups in total. The Hall–Kier alpha value is -3.07. The summed E-state index contributed by atoms with van der Waals surface area (Å²) in [5, 5.41) is 0. The van der Waals surface area contributed by atoms with Crippen LogP contribution in [0.5, 0.6) is 11.5 Å². The molecule has 4 rings (SSSR count). The third-order valence-electron chi connectivity index (χ3n) is 4.58. The quantitative estimate of drug-likeness (QED) is 0.641. The van der Waals surface area contributed by atoms with E-state index in [4.69, 9.17) is 9.47 Å². The molecule has 0 aliphatic carbocycles. The lowest BCUT2D eigenvalue weighted by Crippen LogP contribution is -2.08. The van der Waals surface area contributed by atoms with Gasteiger partial charge in [-0.25, -0.2) is 0 Å². The van der Waals surface area contributed by atoms with Crippen LogP contribution >= 0.6 is 0 Å². The van der Waals surface area contributed by atoms with Gasteiger partial charge in [-0.05, 0) is 35.2 Å². The highest BCUT2D eigenvalue weighted by Crippen LogP contribution is 2.36. The van der Waals surface area contributed by atoms with Crippen LogP contribution in [0.4, 0.5) is 0 Å². The number of hydrogen-bond donors (Lipinski definition) is 0. The highest BCUT2D eigenvalue weighted by molar-refractivity contribution is 5.78. The summed E-state index contributed by atoms with van der Waals surface area (Å²) < 4.78 is 10.9. The standard InChI is InChI=1S/C22H18O3/c23-14-18-8-4-5-9-19(18)20(17-6-2-1-3-7-17)12-16-10-11-21-22(13-16)25-15-24-21/h1-11,13-14,20H,12,15H2. The fourth-order valence-corrected chi connectivity index (χ4v) is 3.33. The summed E-state index contributed by atoms with van der Waals surface area (Å²) in [5.74, 6) is 1.67. The molecule has 3 aromatic carbocycles. The van der Waals surface area contributed by atoms with Gasteiger partial charge in [-0.2, -0.15) is 0 Å². The minimum Gasteiger partial charge on any atom is -0.454 e. The number of fused-ring (bicyclic) bond motifs is 1. The Morgan fingerprint density at radius 2 is 1.64 bits per heavy atom. The lowest BCUT2D eigenvalue weighted by atomic mass is 9.84. The molecule has 0 aromatic heterocycles. The van der Waals surface area contributed by atoms with Crippen LogP contribution in [0, 0.1) is 0 Å². The van der Waals surface area contributed by atoms with Crippen LogP contribution in [0.1, 0.15) is 33.0 Å². The third kappa shape index (κ3) is 3.13. The van der Waals surface area contributed by atoms with E-state index in [9.17, 15) is 4.79 Å². The van der Waals surface area contributed by atoms with E-state index in [2.05, 4.69) is 18.2 Å². The van der Waals surface area contributed by atoms with Crippen LogP contribution in [0.15, 0.2) is 72.8 Å². The molecule has 1 aliphatic heterocycles. The Morgan fingerprint density at radius 3 is 2.48 bits per heavy atom. The van der Waals surface area contributed by atoms with Gasteiger partial charge in [0, 0.05) is 11.5 Å². The van der Waals surface area contributed by atoms with Crippen LogP contribution in [-0.4, -0.2) is 13.1 Å². The molecule has 1 aliphatic rings. The molecular formula is C22H18O3. The van der Waals surface area contributed by atoms with E-state index in [0.717, 1.165) is 40.9 Å². The Balaban J connectivity index is 1.74. The van der Waals surface area contributed by atoms with E-state index in [-0.39, 0.29) is 12.7 Å². The maximum atomic E-state index is 11.5. The molecule has 0 bridgehead atoms. The van der Waals surface area contributed by atoms with E-state index in [1.54, 1.807) is 0 Å². The number of benzene rings is 3. The summed E-state index contributed by atoms with van der Waals surface area (Å²) >= 11 is 0. The molecule has 0 spiro atoms. The summed E-state index contributed by atoms with van der Waals surface area (Å²) in [4.78, 5) is 11.5. The zero-order valence-electron chi connectivity index (χ0n) is 13.7. The first-order valence-electron chi connectivity index (χ1n) is 8.33. The average molecular weight is 330 g/mol. The van der Waals surface area contributed by atoms with E-state index in [1.807, 2.05) is 54.6 Å². The molecule has 25 heavy (non-hydrogen) atoms. The maximum Gasteiger partial charge on any atom is 0.231 e. The van der Waals surface area contributed by atoms with Crippen molar-refractivity contribution in [2.75, 3.05) is 6.79 Å².